The quantitative estimate of drug-likeness (QED) is 0.895. The third-order valence-corrected chi connectivity index (χ3v) is 5.22. The molecule has 1 aliphatic heterocycles. The monoisotopic (exact) mass is 287 g/mol. The number of anilines is 1. The minimum atomic E-state index is -3.01. The van der Waals surface area contributed by atoms with Gasteiger partial charge in [-0.25, -0.2) is 12.8 Å². The highest BCUT2D eigenvalue weighted by Gasteiger charge is 2.30. The molecule has 1 heterocycles. The first-order chi connectivity index (χ1) is 8.82. The standard InChI is InChI=1S/C13H18FNO3S/c1-9-8-19(17,18)7-6-15(9)12-5-3-4-11(14)13(12)10(2)16/h3-5,9-10,16H,6-8H2,1-2H3. The number of nitrogens with zero attached hydrogens (tertiary/aromatic N) is 1. The second kappa shape index (κ2) is 5.09. The van der Waals surface area contributed by atoms with Gasteiger partial charge in [-0.1, -0.05) is 6.07 Å². The van der Waals surface area contributed by atoms with Crippen LogP contribution in [0.3, 0.4) is 0 Å². The SMILES string of the molecule is CC(O)c1c(F)cccc1N1CCS(=O)(=O)CC1C. The van der Waals surface area contributed by atoms with Gasteiger partial charge < -0.3 is 10.0 Å². The normalized spacial score (nSPS) is 24.2. The summed E-state index contributed by atoms with van der Waals surface area (Å²) in [4.78, 5) is 1.85. The van der Waals surface area contributed by atoms with Crippen LogP contribution in [-0.2, 0) is 9.84 Å². The molecule has 1 fully saturated rings. The topological polar surface area (TPSA) is 57.6 Å². The molecule has 0 spiro atoms. The van der Waals surface area contributed by atoms with Crippen LogP contribution in [0.4, 0.5) is 10.1 Å². The molecule has 2 atom stereocenters. The van der Waals surface area contributed by atoms with E-state index in [1.807, 2.05) is 4.90 Å². The fourth-order valence-corrected chi connectivity index (χ4v) is 4.10. The minimum absolute atomic E-state index is 0.0583. The van der Waals surface area contributed by atoms with Crippen LogP contribution in [-0.4, -0.2) is 37.6 Å². The molecule has 1 aromatic carbocycles. The molecule has 6 heteroatoms. The highest BCUT2D eigenvalue weighted by atomic mass is 32.2. The molecule has 0 aliphatic carbocycles. The Morgan fingerprint density at radius 1 is 1.47 bits per heavy atom. The second-order valence-electron chi connectivity index (χ2n) is 5.01. The second-order valence-corrected chi connectivity index (χ2v) is 7.23. The zero-order valence-corrected chi connectivity index (χ0v) is 11.8. The van der Waals surface area contributed by atoms with Gasteiger partial charge in [0.25, 0.3) is 0 Å². The summed E-state index contributed by atoms with van der Waals surface area (Å²) in [6.07, 6.45) is -0.929. The lowest BCUT2D eigenvalue weighted by Gasteiger charge is -2.36. The predicted octanol–water partition coefficient (Wildman–Crippen LogP) is 1.50. The van der Waals surface area contributed by atoms with Gasteiger partial charge in [0.2, 0.25) is 0 Å². The van der Waals surface area contributed by atoms with Crippen molar-refractivity contribution in [2.75, 3.05) is 23.0 Å². The number of sulfone groups is 1. The summed E-state index contributed by atoms with van der Waals surface area (Å²) >= 11 is 0. The number of rotatable bonds is 2. The smallest absolute Gasteiger partial charge is 0.154 e. The van der Waals surface area contributed by atoms with Crippen LogP contribution in [0.25, 0.3) is 0 Å². The summed E-state index contributed by atoms with van der Waals surface area (Å²) in [5.41, 5.74) is 0.811. The van der Waals surface area contributed by atoms with E-state index in [1.165, 1.54) is 13.0 Å². The third-order valence-electron chi connectivity index (χ3n) is 3.43. The lowest BCUT2D eigenvalue weighted by Crippen LogP contribution is -2.47. The average Bonchev–Trinajstić information content (AvgIpc) is 2.26. The number of hydrogen-bond acceptors (Lipinski definition) is 4. The summed E-state index contributed by atoms with van der Waals surface area (Å²) in [5.74, 6) is -0.344. The van der Waals surface area contributed by atoms with Crippen LogP contribution in [0.1, 0.15) is 25.5 Å². The maximum atomic E-state index is 13.8. The molecular weight excluding hydrogens is 269 g/mol. The van der Waals surface area contributed by atoms with Crippen molar-refractivity contribution < 1.29 is 17.9 Å². The molecule has 0 amide bonds. The molecule has 0 radical (unpaired) electrons. The Balaban J connectivity index is 2.40. The van der Waals surface area contributed by atoms with Crippen molar-refractivity contribution in [1.82, 2.24) is 0 Å². The Morgan fingerprint density at radius 2 is 2.16 bits per heavy atom. The van der Waals surface area contributed by atoms with E-state index < -0.39 is 21.8 Å². The van der Waals surface area contributed by atoms with Gasteiger partial charge in [0.1, 0.15) is 5.82 Å². The van der Waals surface area contributed by atoms with Gasteiger partial charge in [-0.05, 0) is 26.0 Å². The van der Waals surface area contributed by atoms with Crippen molar-refractivity contribution in [3.63, 3.8) is 0 Å². The number of halogens is 1. The van der Waals surface area contributed by atoms with Gasteiger partial charge in [-0.2, -0.15) is 0 Å². The van der Waals surface area contributed by atoms with Crippen LogP contribution in [0.5, 0.6) is 0 Å². The number of hydrogen-bond donors (Lipinski definition) is 1. The Hall–Kier alpha value is -1.14. The van der Waals surface area contributed by atoms with E-state index in [0.29, 0.717) is 12.2 Å². The van der Waals surface area contributed by atoms with E-state index in [9.17, 15) is 17.9 Å². The van der Waals surface area contributed by atoms with Crippen LogP contribution in [0, 0.1) is 5.82 Å². The molecule has 1 N–H and O–H groups in total. The fraction of sp³-hybridized carbons (Fsp3) is 0.538. The van der Waals surface area contributed by atoms with E-state index in [2.05, 4.69) is 0 Å². The molecule has 2 rings (SSSR count). The molecule has 1 aromatic rings. The maximum absolute atomic E-state index is 13.8. The maximum Gasteiger partial charge on any atom is 0.154 e. The molecular formula is C13H18FNO3S. The van der Waals surface area contributed by atoms with Gasteiger partial charge in [-0.15, -0.1) is 0 Å². The predicted molar refractivity (Wildman–Crippen MR) is 72.5 cm³/mol. The van der Waals surface area contributed by atoms with Crippen molar-refractivity contribution in [2.45, 2.75) is 26.0 Å². The van der Waals surface area contributed by atoms with Crippen molar-refractivity contribution >= 4 is 15.5 Å². The largest absolute Gasteiger partial charge is 0.389 e. The van der Waals surface area contributed by atoms with Crippen LogP contribution < -0.4 is 4.90 Å². The summed E-state index contributed by atoms with van der Waals surface area (Å²) in [6.45, 7) is 3.63. The molecule has 0 aromatic heterocycles. The molecule has 4 nitrogen and oxygen atoms in total. The van der Waals surface area contributed by atoms with E-state index in [1.54, 1.807) is 19.1 Å². The van der Waals surface area contributed by atoms with Crippen LogP contribution in [0.15, 0.2) is 18.2 Å². The summed E-state index contributed by atoms with van der Waals surface area (Å²) < 4.78 is 37.0. The van der Waals surface area contributed by atoms with E-state index in [4.69, 9.17) is 0 Å². The van der Waals surface area contributed by atoms with Crippen molar-refractivity contribution in [3.8, 4) is 0 Å². The van der Waals surface area contributed by atoms with Gasteiger partial charge >= 0.3 is 0 Å². The van der Waals surface area contributed by atoms with E-state index >= 15 is 0 Å². The highest BCUT2D eigenvalue weighted by Crippen LogP contribution is 2.31. The number of aliphatic hydroxyl groups excluding tert-OH is 1. The van der Waals surface area contributed by atoms with Crippen molar-refractivity contribution in [3.05, 3.63) is 29.6 Å². The Morgan fingerprint density at radius 3 is 2.74 bits per heavy atom. The Labute approximate surface area is 112 Å². The van der Waals surface area contributed by atoms with Crippen molar-refractivity contribution in [2.24, 2.45) is 0 Å². The first-order valence-corrected chi connectivity index (χ1v) is 8.07. The van der Waals surface area contributed by atoms with Gasteiger partial charge in [-0.3, -0.25) is 0 Å². The summed E-state index contributed by atoms with van der Waals surface area (Å²) in [6, 6.07) is 4.38. The summed E-state index contributed by atoms with van der Waals surface area (Å²) in [5, 5.41) is 9.72. The van der Waals surface area contributed by atoms with E-state index in [-0.39, 0.29) is 23.1 Å². The van der Waals surface area contributed by atoms with Crippen molar-refractivity contribution in [1.29, 1.82) is 0 Å². The fourth-order valence-electron chi connectivity index (χ4n) is 2.55. The van der Waals surface area contributed by atoms with E-state index in [0.717, 1.165) is 0 Å². The zero-order chi connectivity index (χ0) is 14.2. The Kier molecular flexibility index (Phi) is 3.82. The van der Waals surface area contributed by atoms with Gasteiger partial charge in [0.05, 0.1) is 17.6 Å². The molecule has 0 bridgehead atoms. The minimum Gasteiger partial charge on any atom is -0.389 e. The zero-order valence-electron chi connectivity index (χ0n) is 11.0. The van der Waals surface area contributed by atoms with Gasteiger partial charge in [0, 0.05) is 23.8 Å². The third kappa shape index (κ3) is 2.90. The first kappa shape index (κ1) is 14.3. The lowest BCUT2D eigenvalue weighted by atomic mass is 10.1. The molecule has 106 valence electrons. The molecule has 2 unspecified atom stereocenters. The average molecular weight is 287 g/mol. The van der Waals surface area contributed by atoms with Crippen LogP contribution in [0.2, 0.25) is 0 Å². The molecule has 0 saturated carbocycles. The number of benzene rings is 1. The molecule has 1 aliphatic rings. The molecule has 1 saturated heterocycles. The Bertz CT molecular complexity index is 571. The lowest BCUT2D eigenvalue weighted by molar-refractivity contribution is 0.194. The highest BCUT2D eigenvalue weighted by molar-refractivity contribution is 7.91. The first-order valence-electron chi connectivity index (χ1n) is 6.25. The number of aliphatic hydroxyl groups is 1. The summed E-state index contributed by atoms with van der Waals surface area (Å²) in [7, 11) is -3.01. The van der Waals surface area contributed by atoms with Crippen LogP contribution >= 0.6 is 0 Å². The van der Waals surface area contributed by atoms with Gasteiger partial charge in [0.15, 0.2) is 9.84 Å². The molecule has 19 heavy (non-hydrogen) atoms.